The van der Waals surface area contributed by atoms with E-state index in [2.05, 4.69) is 75.8 Å². The minimum Gasteiger partial charge on any atom is -0.332 e. The van der Waals surface area contributed by atoms with Crippen LogP contribution in [0.1, 0.15) is 130 Å². The summed E-state index contributed by atoms with van der Waals surface area (Å²) < 4.78 is 0. The van der Waals surface area contributed by atoms with E-state index in [9.17, 15) is 0 Å². The number of unbranched alkanes of at least 4 members (excludes halogenated alkanes) is 1. The molecule has 0 aromatic carbocycles. The van der Waals surface area contributed by atoms with Crippen LogP contribution in [0.4, 0.5) is 0 Å². The molecular formula is C36H71LiN2S. The summed E-state index contributed by atoms with van der Waals surface area (Å²) >= 11 is 0. The van der Waals surface area contributed by atoms with Crippen LogP contribution in [-0.2, 0) is 0 Å². The molecular weight excluding hydrogens is 499 g/mol. The Morgan fingerprint density at radius 1 is 0.675 bits per heavy atom. The molecule has 2 heterocycles. The van der Waals surface area contributed by atoms with Gasteiger partial charge in [0.2, 0.25) is 0 Å². The molecule has 0 aromatic rings. The Morgan fingerprint density at radius 3 is 1.30 bits per heavy atom. The quantitative estimate of drug-likeness (QED) is 0.114. The van der Waals surface area contributed by atoms with Crippen molar-refractivity contribution in [2.45, 2.75) is 130 Å². The number of hydrogen-bond donors (Lipinski definition) is 0. The average Bonchev–Trinajstić information content (AvgIpc) is 3.01. The van der Waals surface area contributed by atoms with Crippen LogP contribution in [0.5, 0.6) is 0 Å². The Kier molecular flexibility index (Phi) is 47.9. The van der Waals surface area contributed by atoms with Crippen LogP contribution < -0.4 is 18.9 Å². The van der Waals surface area contributed by atoms with E-state index >= 15 is 0 Å². The molecule has 0 spiro atoms. The zero-order valence-electron chi connectivity index (χ0n) is 28.1. The van der Waals surface area contributed by atoms with Crippen LogP contribution in [-0.4, -0.2) is 49.1 Å². The summed E-state index contributed by atoms with van der Waals surface area (Å²) in [5, 5.41) is 0. The Bertz CT molecular complexity index is 469. The molecule has 3 fully saturated rings. The molecule has 1 saturated carbocycles. The molecule has 0 bridgehead atoms. The molecule has 1 aliphatic carbocycles. The van der Waals surface area contributed by atoms with Gasteiger partial charge in [0.15, 0.2) is 0 Å². The van der Waals surface area contributed by atoms with Crippen molar-refractivity contribution >= 4 is 13.5 Å². The molecule has 0 radical (unpaired) electrons. The van der Waals surface area contributed by atoms with Gasteiger partial charge in [-0.05, 0) is 77.0 Å². The number of piperidine rings is 2. The fraction of sp³-hybridized carbons (Fsp3) is 0.750. The molecule has 1 atom stereocenters. The van der Waals surface area contributed by atoms with Gasteiger partial charge in [-0.2, -0.15) is 26.8 Å². The molecule has 232 valence electrons. The second-order valence-corrected chi connectivity index (χ2v) is 10.9. The third kappa shape index (κ3) is 37.8. The predicted octanol–water partition coefficient (Wildman–Crippen LogP) is 7.95. The molecule has 3 aliphatic rings. The molecule has 0 amide bonds. The molecule has 2 aliphatic heterocycles. The maximum Gasteiger partial charge on any atom is 1.00 e. The van der Waals surface area contributed by atoms with E-state index in [-0.39, 0.29) is 32.4 Å². The summed E-state index contributed by atoms with van der Waals surface area (Å²) in [6.45, 7) is 27.1. The van der Waals surface area contributed by atoms with Crippen molar-refractivity contribution in [3.05, 3.63) is 56.5 Å². The standard InChI is InChI=1S/C12H24N2.C10H18.C6H12.C4H9.C4H6.Li.H2S/c1-3-7-13(8-4-1)11-12-14-9-5-2-6-10-14;1-4-6-7-8-9-10(3)5-2;1-2-4-6-5-3-1;2*1-3-4-2;;/h1-12H2;5-7,10H,2,4,8-9H2,1,3H3;1-6H2;3H,4H2,1-2H3;3-4H,1-2H2;;1H2/q;;;-1;;+1;/b;7-6+;;;;;. The molecule has 4 heteroatoms. The van der Waals surface area contributed by atoms with Crippen molar-refractivity contribution in [2.75, 3.05) is 39.3 Å². The molecule has 0 aromatic heterocycles. The molecule has 40 heavy (non-hydrogen) atoms. The molecule has 0 N–H and O–H groups in total. The van der Waals surface area contributed by atoms with E-state index in [1.54, 1.807) is 12.2 Å². The summed E-state index contributed by atoms with van der Waals surface area (Å²) in [7, 11) is 0. The molecule has 3 rings (SSSR count). The number of hydrogen-bond acceptors (Lipinski definition) is 2. The summed E-state index contributed by atoms with van der Waals surface area (Å²) in [5.74, 6) is 0.668. The van der Waals surface area contributed by atoms with Gasteiger partial charge >= 0.3 is 18.9 Å². The van der Waals surface area contributed by atoms with E-state index in [4.69, 9.17) is 0 Å². The van der Waals surface area contributed by atoms with E-state index < -0.39 is 0 Å². The average molecular weight is 571 g/mol. The monoisotopic (exact) mass is 571 g/mol. The van der Waals surface area contributed by atoms with Gasteiger partial charge < -0.3 is 16.2 Å². The predicted molar refractivity (Wildman–Crippen MR) is 187 cm³/mol. The fourth-order valence-electron chi connectivity index (χ4n) is 4.47. The first-order valence-electron chi connectivity index (χ1n) is 16.3. The normalized spacial score (nSPS) is 17.6. The van der Waals surface area contributed by atoms with E-state index in [1.807, 2.05) is 6.08 Å². The van der Waals surface area contributed by atoms with Crippen molar-refractivity contribution < 1.29 is 18.9 Å². The van der Waals surface area contributed by atoms with E-state index in [0.717, 1.165) is 6.42 Å². The van der Waals surface area contributed by atoms with Gasteiger partial charge in [0, 0.05) is 13.1 Å². The molecule has 2 saturated heterocycles. The summed E-state index contributed by atoms with van der Waals surface area (Å²) in [6.07, 6.45) is 34.3. The Morgan fingerprint density at radius 2 is 1.02 bits per heavy atom. The maximum absolute atomic E-state index is 3.74. The topological polar surface area (TPSA) is 6.48 Å². The second-order valence-electron chi connectivity index (χ2n) is 10.9. The van der Waals surface area contributed by atoms with Gasteiger partial charge in [0.1, 0.15) is 0 Å². The summed E-state index contributed by atoms with van der Waals surface area (Å²) in [5.41, 5.74) is 0. The van der Waals surface area contributed by atoms with Crippen molar-refractivity contribution in [1.29, 1.82) is 0 Å². The van der Waals surface area contributed by atoms with Crippen molar-refractivity contribution in [3.63, 3.8) is 0 Å². The Labute approximate surface area is 273 Å². The zero-order valence-corrected chi connectivity index (χ0v) is 29.1. The SMILES string of the molecule is C1CCCCC1.C1CCN(CCN2CCCCC2)CC1.C=CC(C)CC/C=C/CC.C=CC=C.C[CH-]CC.S.[Li+]. The molecule has 1 unspecified atom stereocenters. The maximum atomic E-state index is 3.74. The van der Waals surface area contributed by atoms with Crippen molar-refractivity contribution in [1.82, 2.24) is 9.80 Å². The summed E-state index contributed by atoms with van der Waals surface area (Å²) in [6, 6.07) is 0. The van der Waals surface area contributed by atoms with Crippen LogP contribution in [0.15, 0.2) is 50.1 Å². The van der Waals surface area contributed by atoms with Gasteiger partial charge in [-0.1, -0.05) is 116 Å². The largest absolute Gasteiger partial charge is 1.00 e. The van der Waals surface area contributed by atoms with E-state index in [1.165, 1.54) is 136 Å². The summed E-state index contributed by atoms with van der Waals surface area (Å²) in [4.78, 5) is 5.30. The minimum absolute atomic E-state index is 0. The number of rotatable bonds is 10. The number of likely N-dealkylation sites (tertiary alicyclic amines) is 2. The molecule has 2 nitrogen and oxygen atoms in total. The van der Waals surface area contributed by atoms with Gasteiger partial charge in [-0.15, -0.1) is 6.58 Å². The smallest absolute Gasteiger partial charge is 0.332 e. The third-order valence-corrected chi connectivity index (χ3v) is 7.30. The zero-order chi connectivity index (χ0) is 28.5. The Hall–Kier alpha value is -0.173. The van der Waals surface area contributed by atoms with Crippen LogP contribution >= 0.6 is 13.5 Å². The first-order chi connectivity index (χ1) is 18.6. The van der Waals surface area contributed by atoms with Crippen LogP contribution in [0, 0.1) is 12.3 Å². The second kappa shape index (κ2) is 41.0. The third-order valence-electron chi connectivity index (χ3n) is 7.30. The van der Waals surface area contributed by atoms with Crippen molar-refractivity contribution in [3.8, 4) is 0 Å². The fourth-order valence-corrected chi connectivity index (χ4v) is 4.47. The Balaban J connectivity index is -0.000000220. The van der Waals surface area contributed by atoms with Crippen LogP contribution in [0.2, 0.25) is 0 Å². The number of nitrogens with zero attached hydrogens (tertiary/aromatic N) is 2. The first-order valence-corrected chi connectivity index (χ1v) is 16.3. The number of allylic oxidation sites excluding steroid dienone is 5. The van der Waals surface area contributed by atoms with Gasteiger partial charge in [-0.3, -0.25) is 0 Å². The van der Waals surface area contributed by atoms with Crippen molar-refractivity contribution in [2.24, 2.45) is 5.92 Å². The first kappa shape index (κ1) is 46.8. The van der Waals surface area contributed by atoms with Crippen LogP contribution in [0.3, 0.4) is 0 Å². The van der Waals surface area contributed by atoms with Crippen LogP contribution in [0.25, 0.3) is 0 Å². The van der Waals surface area contributed by atoms with E-state index in [0.29, 0.717) is 5.92 Å². The van der Waals surface area contributed by atoms with Gasteiger partial charge in [-0.25, -0.2) is 0 Å². The van der Waals surface area contributed by atoms with Gasteiger partial charge in [0.05, 0.1) is 0 Å². The van der Waals surface area contributed by atoms with Gasteiger partial charge in [0.25, 0.3) is 0 Å². The minimum atomic E-state index is 0.